The van der Waals surface area contributed by atoms with Crippen molar-refractivity contribution in [3.05, 3.63) is 33.8 Å². The molecule has 0 bridgehead atoms. The van der Waals surface area contributed by atoms with Gasteiger partial charge in [-0.15, -0.1) is 0 Å². The third kappa shape index (κ3) is 3.39. The van der Waals surface area contributed by atoms with Crippen LogP contribution in [0.3, 0.4) is 0 Å². The maximum absolute atomic E-state index is 11.7. The molecule has 1 aromatic carbocycles. The highest BCUT2D eigenvalue weighted by molar-refractivity contribution is 6.35. The summed E-state index contributed by atoms with van der Waals surface area (Å²) in [6.07, 6.45) is 0.678. The summed E-state index contributed by atoms with van der Waals surface area (Å²) in [5.41, 5.74) is 0.901. The predicted octanol–water partition coefficient (Wildman–Crippen LogP) is 2.47. The van der Waals surface area contributed by atoms with Crippen molar-refractivity contribution in [3.8, 4) is 0 Å². The largest absolute Gasteiger partial charge is 0.481 e. The zero-order valence-electron chi connectivity index (χ0n) is 10.1. The summed E-state index contributed by atoms with van der Waals surface area (Å²) in [7, 11) is 0. The minimum Gasteiger partial charge on any atom is -0.481 e. The Morgan fingerprint density at radius 2 is 2.16 bits per heavy atom. The molecule has 1 atom stereocenters. The molecule has 0 aliphatic carbocycles. The van der Waals surface area contributed by atoms with Gasteiger partial charge in [0.1, 0.15) is 0 Å². The third-order valence-electron chi connectivity index (χ3n) is 3.23. The molecule has 0 aromatic heterocycles. The Morgan fingerprint density at radius 1 is 1.42 bits per heavy atom. The van der Waals surface area contributed by atoms with Gasteiger partial charge < -0.3 is 10.0 Å². The molecule has 1 aliphatic rings. The molecule has 1 aromatic rings. The van der Waals surface area contributed by atoms with Crippen LogP contribution in [0.25, 0.3) is 0 Å². The van der Waals surface area contributed by atoms with Crippen molar-refractivity contribution < 1.29 is 14.7 Å². The van der Waals surface area contributed by atoms with Gasteiger partial charge in [-0.05, 0) is 24.1 Å². The number of carboxylic acid groups (broad SMARTS) is 1. The molecule has 0 radical (unpaired) electrons. The standard InChI is InChI=1S/C13H13Cl2NO3/c14-10-2-1-8(11(15)6-10)3-4-16-7-9(13(18)19)5-12(16)17/h1-2,6,9H,3-5,7H2,(H,18,19). The minimum absolute atomic E-state index is 0.0870. The second-order valence-corrected chi connectivity index (χ2v) is 5.41. The highest BCUT2D eigenvalue weighted by Crippen LogP contribution is 2.23. The Morgan fingerprint density at radius 3 is 2.74 bits per heavy atom. The number of aliphatic carboxylic acids is 1. The molecule has 0 spiro atoms. The van der Waals surface area contributed by atoms with E-state index in [0.717, 1.165) is 5.56 Å². The van der Waals surface area contributed by atoms with Gasteiger partial charge >= 0.3 is 5.97 Å². The lowest BCUT2D eigenvalue weighted by Crippen LogP contribution is -2.28. The molecule has 4 nitrogen and oxygen atoms in total. The molecule has 1 fully saturated rings. The number of carbonyl (C=O) groups excluding carboxylic acids is 1. The first kappa shape index (κ1) is 14.2. The van der Waals surface area contributed by atoms with E-state index in [4.69, 9.17) is 28.3 Å². The van der Waals surface area contributed by atoms with E-state index in [1.807, 2.05) is 6.07 Å². The molecule has 1 unspecified atom stereocenters. The van der Waals surface area contributed by atoms with Gasteiger partial charge in [0.25, 0.3) is 0 Å². The van der Waals surface area contributed by atoms with Gasteiger partial charge in [0.2, 0.25) is 5.91 Å². The fourth-order valence-corrected chi connectivity index (χ4v) is 2.64. The Labute approximate surface area is 120 Å². The number of likely N-dealkylation sites (tertiary alicyclic amines) is 1. The van der Waals surface area contributed by atoms with Crippen molar-refractivity contribution >= 4 is 35.1 Å². The summed E-state index contributed by atoms with van der Waals surface area (Å²) in [6, 6.07) is 5.22. The predicted molar refractivity (Wildman–Crippen MR) is 72.5 cm³/mol. The second kappa shape index (κ2) is 5.80. The van der Waals surface area contributed by atoms with Crippen LogP contribution in [-0.2, 0) is 16.0 Å². The number of hydrogen-bond acceptors (Lipinski definition) is 2. The fraction of sp³-hybridized carbons (Fsp3) is 0.385. The molecule has 19 heavy (non-hydrogen) atoms. The molecule has 6 heteroatoms. The number of hydrogen-bond donors (Lipinski definition) is 1. The normalized spacial score (nSPS) is 18.9. The maximum atomic E-state index is 11.7. The van der Waals surface area contributed by atoms with Gasteiger partial charge in [-0.25, -0.2) is 0 Å². The summed E-state index contributed by atoms with van der Waals surface area (Å²) < 4.78 is 0. The molecule has 1 amide bonds. The van der Waals surface area contributed by atoms with Crippen LogP contribution in [0.1, 0.15) is 12.0 Å². The average Bonchev–Trinajstić information content (AvgIpc) is 2.70. The van der Waals surface area contributed by atoms with Crippen LogP contribution in [0.15, 0.2) is 18.2 Å². The Hall–Kier alpha value is -1.26. The zero-order valence-corrected chi connectivity index (χ0v) is 11.6. The number of rotatable bonds is 4. The summed E-state index contributed by atoms with van der Waals surface area (Å²) in [5.74, 6) is -1.62. The number of nitrogens with zero attached hydrogens (tertiary/aromatic N) is 1. The van der Waals surface area contributed by atoms with E-state index in [0.29, 0.717) is 23.0 Å². The third-order valence-corrected chi connectivity index (χ3v) is 3.82. The lowest BCUT2D eigenvalue weighted by atomic mass is 10.1. The van der Waals surface area contributed by atoms with E-state index in [1.165, 1.54) is 0 Å². The minimum atomic E-state index is -0.916. The molecule has 2 rings (SSSR count). The summed E-state index contributed by atoms with van der Waals surface area (Å²) >= 11 is 11.9. The highest BCUT2D eigenvalue weighted by Gasteiger charge is 2.33. The zero-order chi connectivity index (χ0) is 14.0. The molecular weight excluding hydrogens is 289 g/mol. The van der Waals surface area contributed by atoms with E-state index in [2.05, 4.69) is 0 Å². The number of carboxylic acids is 1. The van der Waals surface area contributed by atoms with Gasteiger partial charge in [-0.1, -0.05) is 29.3 Å². The lowest BCUT2D eigenvalue weighted by Gasteiger charge is -2.16. The van der Waals surface area contributed by atoms with Crippen LogP contribution in [0.4, 0.5) is 0 Å². The Kier molecular flexibility index (Phi) is 4.32. The summed E-state index contributed by atoms with van der Waals surface area (Å²) in [5, 5.41) is 10.0. The van der Waals surface area contributed by atoms with Gasteiger partial charge in [-0.3, -0.25) is 9.59 Å². The quantitative estimate of drug-likeness (QED) is 0.929. The highest BCUT2D eigenvalue weighted by atomic mass is 35.5. The molecule has 0 saturated carbocycles. The topological polar surface area (TPSA) is 57.6 Å². The van der Waals surface area contributed by atoms with Crippen molar-refractivity contribution in [1.82, 2.24) is 4.90 Å². The van der Waals surface area contributed by atoms with Crippen LogP contribution >= 0.6 is 23.2 Å². The van der Waals surface area contributed by atoms with Crippen LogP contribution in [0.2, 0.25) is 10.0 Å². The van der Waals surface area contributed by atoms with E-state index in [1.54, 1.807) is 17.0 Å². The number of carbonyl (C=O) groups is 2. The second-order valence-electron chi connectivity index (χ2n) is 4.56. The first-order valence-corrected chi connectivity index (χ1v) is 6.67. The van der Waals surface area contributed by atoms with Gasteiger partial charge in [-0.2, -0.15) is 0 Å². The molecule has 1 aliphatic heterocycles. The number of halogens is 2. The molecule has 1 heterocycles. The van der Waals surface area contributed by atoms with Crippen molar-refractivity contribution in [1.29, 1.82) is 0 Å². The molecule has 1 N–H and O–H groups in total. The van der Waals surface area contributed by atoms with E-state index < -0.39 is 11.9 Å². The van der Waals surface area contributed by atoms with E-state index in [9.17, 15) is 9.59 Å². The van der Waals surface area contributed by atoms with E-state index in [-0.39, 0.29) is 18.9 Å². The molecule has 102 valence electrons. The average molecular weight is 302 g/mol. The van der Waals surface area contributed by atoms with Gasteiger partial charge in [0.05, 0.1) is 5.92 Å². The Balaban J connectivity index is 1.96. The maximum Gasteiger partial charge on any atom is 0.308 e. The first-order chi connectivity index (χ1) is 8.97. The van der Waals surface area contributed by atoms with Crippen LogP contribution < -0.4 is 0 Å². The van der Waals surface area contributed by atoms with Crippen molar-refractivity contribution in [3.63, 3.8) is 0 Å². The lowest BCUT2D eigenvalue weighted by molar-refractivity contribution is -0.141. The van der Waals surface area contributed by atoms with Gasteiger partial charge in [0, 0.05) is 29.6 Å². The Bertz CT molecular complexity index is 519. The monoisotopic (exact) mass is 301 g/mol. The van der Waals surface area contributed by atoms with Crippen molar-refractivity contribution in [2.45, 2.75) is 12.8 Å². The molecule has 1 saturated heterocycles. The number of amides is 1. The van der Waals surface area contributed by atoms with Crippen molar-refractivity contribution in [2.24, 2.45) is 5.92 Å². The smallest absolute Gasteiger partial charge is 0.308 e. The van der Waals surface area contributed by atoms with Gasteiger partial charge in [0.15, 0.2) is 0 Å². The first-order valence-electron chi connectivity index (χ1n) is 5.92. The summed E-state index contributed by atoms with van der Waals surface area (Å²) in [6.45, 7) is 0.753. The van der Waals surface area contributed by atoms with Crippen LogP contribution in [-0.4, -0.2) is 35.0 Å². The molecular formula is C13H13Cl2NO3. The SMILES string of the molecule is O=C(O)C1CC(=O)N(CCc2ccc(Cl)cc2Cl)C1. The van der Waals surface area contributed by atoms with E-state index >= 15 is 0 Å². The summed E-state index contributed by atoms with van der Waals surface area (Å²) in [4.78, 5) is 24.1. The fourth-order valence-electron chi connectivity index (χ4n) is 2.13. The van der Waals surface area contributed by atoms with Crippen LogP contribution in [0, 0.1) is 5.92 Å². The van der Waals surface area contributed by atoms with Crippen LogP contribution in [0.5, 0.6) is 0 Å². The van der Waals surface area contributed by atoms with Crippen molar-refractivity contribution in [2.75, 3.05) is 13.1 Å². The number of benzene rings is 1.